The van der Waals surface area contributed by atoms with Crippen LogP contribution in [0.3, 0.4) is 0 Å². The van der Waals surface area contributed by atoms with Crippen molar-refractivity contribution in [3.05, 3.63) is 5.82 Å². The first kappa shape index (κ1) is 10.4. The van der Waals surface area contributed by atoms with Crippen LogP contribution >= 0.6 is 0 Å². The van der Waals surface area contributed by atoms with Crippen molar-refractivity contribution in [3.63, 3.8) is 0 Å². The van der Waals surface area contributed by atoms with Crippen LogP contribution in [0, 0.1) is 5.92 Å². The van der Waals surface area contributed by atoms with Gasteiger partial charge in [0.1, 0.15) is 5.82 Å². The summed E-state index contributed by atoms with van der Waals surface area (Å²) in [6, 6.07) is 0. The second-order valence-electron chi connectivity index (χ2n) is 4.55. The Morgan fingerprint density at radius 2 is 2.13 bits per heavy atom. The van der Waals surface area contributed by atoms with Crippen LogP contribution in [-0.2, 0) is 5.54 Å². The maximum atomic E-state index is 6.32. The number of aromatic nitrogens is 3. The van der Waals surface area contributed by atoms with Crippen LogP contribution in [0.1, 0.15) is 44.9 Å². The summed E-state index contributed by atoms with van der Waals surface area (Å²) in [6.45, 7) is 2.24. The monoisotopic (exact) mass is 209 g/mol. The number of rotatable bonds is 2. The molecule has 0 atom stereocenters. The van der Waals surface area contributed by atoms with E-state index in [1.807, 2.05) is 0 Å². The molecule has 2 rings (SSSR count). The molecule has 0 aliphatic heterocycles. The fourth-order valence-corrected chi connectivity index (χ4v) is 2.34. The minimum Gasteiger partial charge on any atom is -0.367 e. The standard InChI is InChI=1S/C10H19N5/c1-2-7-3-5-10(12,6-4-7)8-13-9(11)15-14-8/h7H,2-6,12H2,1H3,(H3,11,13,14,15). The van der Waals surface area contributed by atoms with E-state index in [9.17, 15) is 0 Å². The van der Waals surface area contributed by atoms with Gasteiger partial charge < -0.3 is 11.5 Å². The molecule has 5 heteroatoms. The highest BCUT2D eigenvalue weighted by Crippen LogP contribution is 2.37. The van der Waals surface area contributed by atoms with Gasteiger partial charge in [-0.15, -0.1) is 5.10 Å². The summed E-state index contributed by atoms with van der Waals surface area (Å²) in [6.07, 6.45) is 5.54. The number of nitrogens with zero attached hydrogens (tertiary/aromatic N) is 2. The lowest BCUT2D eigenvalue weighted by Crippen LogP contribution is -2.41. The van der Waals surface area contributed by atoms with Gasteiger partial charge in [0.05, 0.1) is 5.54 Å². The quantitative estimate of drug-likeness (QED) is 0.681. The Labute approximate surface area is 89.6 Å². The summed E-state index contributed by atoms with van der Waals surface area (Å²) < 4.78 is 0. The van der Waals surface area contributed by atoms with Crippen molar-refractivity contribution in [1.82, 2.24) is 15.2 Å². The molecule has 15 heavy (non-hydrogen) atoms. The molecule has 0 spiro atoms. The Bertz CT molecular complexity index is 324. The molecule has 1 fully saturated rings. The Morgan fingerprint density at radius 1 is 1.47 bits per heavy atom. The lowest BCUT2D eigenvalue weighted by Gasteiger charge is -2.34. The van der Waals surface area contributed by atoms with Gasteiger partial charge in [-0.25, -0.2) is 0 Å². The zero-order valence-corrected chi connectivity index (χ0v) is 9.16. The first-order chi connectivity index (χ1) is 7.14. The zero-order valence-electron chi connectivity index (χ0n) is 9.16. The van der Waals surface area contributed by atoms with Gasteiger partial charge in [-0.3, -0.25) is 5.10 Å². The summed E-state index contributed by atoms with van der Waals surface area (Å²) in [5.41, 5.74) is 11.5. The molecule has 1 aliphatic carbocycles. The molecule has 5 nitrogen and oxygen atoms in total. The van der Waals surface area contributed by atoms with Crippen molar-refractivity contribution in [2.75, 3.05) is 5.73 Å². The van der Waals surface area contributed by atoms with Crippen LogP contribution in [0.25, 0.3) is 0 Å². The van der Waals surface area contributed by atoms with E-state index in [1.165, 1.54) is 19.3 Å². The molecule has 84 valence electrons. The highest BCUT2D eigenvalue weighted by molar-refractivity contribution is 5.17. The van der Waals surface area contributed by atoms with E-state index < -0.39 is 0 Å². The Hall–Kier alpha value is -1.10. The largest absolute Gasteiger partial charge is 0.367 e. The third-order valence-corrected chi connectivity index (χ3v) is 3.55. The maximum absolute atomic E-state index is 6.32. The van der Waals surface area contributed by atoms with Crippen LogP contribution < -0.4 is 11.5 Å². The van der Waals surface area contributed by atoms with Gasteiger partial charge in [0, 0.05) is 0 Å². The smallest absolute Gasteiger partial charge is 0.239 e. The molecule has 0 saturated heterocycles. The number of aromatic amines is 1. The zero-order chi connectivity index (χ0) is 10.9. The van der Waals surface area contributed by atoms with Gasteiger partial charge in [-0.05, 0) is 31.6 Å². The molecule has 1 aromatic heterocycles. The molecule has 0 bridgehead atoms. The third kappa shape index (κ3) is 1.97. The fourth-order valence-electron chi connectivity index (χ4n) is 2.34. The van der Waals surface area contributed by atoms with E-state index in [-0.39, 0.29) is 11.5 Å². The van der Waals surface area contributed by atoms with Gasteiger partial charge in [-0.1, -0.05) is 13.3 Å². The van der Waals surface area contributed by atoms with Gasteiger partial charge in [0.15, 0.2) is 0 Å². The van der Waals surface area contributed by atoms with Crippen LogP contribution in [0.15, 0.2) is 0 Å². The van der Waals surface area contributed by atoms with Gasteiger partial charge in [0.2, 0.25) is 5.95 Å². The van der Waals surface area contributed by atoms with Crippen LogP contribution in [-0.4, -0.2) is 15.2 Å². The minimum atomic E-state index is -0.337. The van der Waals surface area contributed by atoms with Gasteiger partial charge >= 0.3 is 0 Å². The first-order valence-electron chi connectivity index (χ1n) is 5.61. The second-order valence-corrected chi connectivity index (χ2v) is 4.55. The molecule has 5 N–H and O–H groups in total. The average molecular weight is 209 g/mol. The first-order valence-corrected chi connectivity index (χ1v) is 5.61. The highest BCUT2D eigenvalue weighted by atomic mass is 15.3. The summed E-state index contributed by atoms with van der Waals surface area (Å²) >= 11 is 0. The third-order valence-electron chi connectivity index (χ3n) is 3.55. The maximum Gasteiger partial charge on any atom is 0.239 e. The number of anilines is 1. The molecule has 1 saturated carbocycles. The van der Waals surface area contributed by atoms with Crippen LogP contribution in [0.4, 0.5) is 5.95 Å². The molecule has 0 radical (unpaired) electrons. The molecule has 0 amide bonds. The SMILES string of the molecule is CCC1CCC(N)(c2nc(N)n[nH]2)CC1. The summed E-state index contributed by atoms with van der Waals surface area (Å²) in [5, 5.41) is 6.68. The van der Waals surface area contributed by atoms with E-state index in [0.29, 0.717) is 0 Å². The number of nitrogens with one attached hydrogen (secondary N) is 1. The van der Waals surface area contributed by atoms with E-state index >= 15 is 0 Å². The topological polar surface area (TPSA) is 93.6 Å². The second kappa shape index (κ2) is 3.81. The fraction of sp³-hybridized carbons (Fsp3) is 0.800. The molecule has 0 unspecified atom stereocenters. The molecule has 1 aromatic rings. The molecular formula is C10H19N5. The summed E-state index contributed by atoms with van der Waals surface area (Å²) in [7, 11) is 0. The lowest BCUT2D eigenvalue weighted by atomic mass is 9.76. The van der Waals surface area contributed by atoms with Crippen molar-refractivity contribution in [2.45, 2.75) is 44.6 Å². The van der Waals surface area contributed by atoms with E-state index in [0.717, 1.165) is 24.6 Å². The van der Waals surface area contributed by atoms with Crippen molar-refractivity contribution < 1.29 is 0 Å². The number of hydrogen-bond acceptors (Lipinski definition) is 4. The van der Waals surface area contributed by atoms with Crippen molar-refractivity contribution in [2.24, 2.45) is 11.7 Å². The normalized spacial score (nSPS) is 31.7. The van der Waals surface area contributed by atoms with E-state index in [1.54, 1.807) is 0 Å². The van der Waals surface area contributed by atoms with Gasteiger partial charge in [-0.2, -0.15) is 4.98 Å². The summed E-state index contributed by atoms with van der Waals surface area (Å²) in [4.78, 5) is 4.14. The number of nitrogen functional groups attached to an aromatic ring is 1. The number of H-pyrrole nitrogens is 1. The Morgan fingerprint density at radius 3 is 2.60 bits per heavy atom. The minimum absolute atomic E-state index is 0.285. The Kier molecular flexibility index (Phi) is 2.65. The van der Waals surface area contributed by atoms with Crippen molar-refractivity contribution >= 4 is 5.95 Å². The molecule has 1 heterocycles. The lowest BCUT2D eigenvalue weighted by molar-refractivity contribution is 0.222. The molecule has 0 aromatic carbocycles. The van der Waals surface area contributed by atoms with Gasteiger partial charge in [0.25, 0.3) is 0 Å². The van der Waals surface area contributed by atoms with Crippen molar-refractivity contribution in [3.8, 4) is 0 Å². The van der Waals surface area contributed by atoms with Crippen LogP contribution in [0.5, 0.6) is 0 Å². The van der Waals surface area contributed by atoms with Crippen LogP contribution in [0.2, 0.25) is 0 Å². The number of nitrogens with two attached hydrogens (primary N) is 2. The average Bonchev–Trinajstić information content (AvgIpc) is 2.67. The predicted molar refractivity (Wildman–Crippen MR) is 58.9 cm³/mol. The highest BCUT2D eigenvalue weighted by Gasteiger charge is 2.35. The molecule has 1 aliphatic rings. The summed E-state index contributed by atoms with van der Waals surface area (Å²) in [5.74, 6) is 1.85. The number of hydrogen-bond donors (Lipinski definition) is 3. The predicted octanol–water partition coefficient (Wildman–Crippen LogP) is 1.14. The Balaban J connectivity index is 2.09. The van der Waals surface area contributed by atoms with Crippen molar-refractivity contribution in [1.29, 1.82) is 0 Å². The van der Waals surface area contributed by atoms with E-state index in [4.69, 9.17) is 11.5 Å². The van der Waals surface area contributed by atoms with E-state index in [2.05, 4.69) is 22.1 Å². The molecular weight excluding hydrogens is 190 g/mol.